The number of methoxy groups -OCH3 is 1. The largest absolute Gasteiger partial charge is 0.495 e. The van der Waals surface area contributed by atoms with E-state index >= 15 is 0 Å². The van der Waals surface area contributed by atoms with Crippen molar-refractivity contribution in [3.63, 3.8) is 0 Å². The highest BCUT2D eigenvalue weighted by atomic mass is 35.5. The molecule has 1 aromatic carbocycles. The zero-order chi connectivity index (χ0) is 11.7. The summed E-state index contributed by atoms with van der Waals surface area (Å²) in [6, 6.07) is 2.77. The van der Waals surface area contributed by atoms with Gasteiger partial charge in [-0.05, 0) is 12.1 Å². The number of rotatable bonds is 2. The van der Waals surface area contributed by atoms with Crippen molar-refractivity contribution in [2.24, 2.45) is 7.05 Å². The summed E-state index contributed by atoms with van der Waals surface area (Å²) in [6.07, 6.45) is 3.35. The first kappa shape index (κ1) is 11.0. The molecule has 0 saturated heterocycles. The molecule has 0 aliphatic heterocycles. The highest BCUT2D eigenvalue weighted by Crippen LogP contribution is 2.32. The van der Waals surface area contributed by atoms with Crippen molar-refractivity contribution in [2.75, 3.05) is 7.11 Å². The lowest BCUT2D eigenvalue weighted by atomic mass is 10.2. The van der Waals surface area contributed by atoms with E-state index in [0.29, 0.717) is 17.1 Å². The Kier molecular flexibility index (Phi) is 2.83. The van der Waals surface area contributed by atoms with Crippen molar-refractivity contribution in [1.29, 1.82) is 0 Å². The zero-order valence-electron chi connectivity index (χ0n) is 8.87. The minimum absolute atomic E-state index is 0.248. The Morgan fingerprint density at radius 3 is 2.75 bits per heavy atom. The van der Waals surface area contributed by atoms with Gasteiger partial charge in [0.05, 0.1) is 17.7 Å². The number of hydrogen-bond acceptors (Lipinski definition) is 2. The van der Waals surface area contributed by atoms with E-state index in [2.05, 4.69) is 4.98 Å². The second kappa shape index (κ2) is 4.14. The molecule has 5 heteroatoms. The highest BCUT2D eigenvalue weighted by molar-refractivity contribution is 6.32. The van der Waals surface area contributed by atoms with Crippen LogP contribution in [0.1, 0.15) is 0 Å². The van der Waals surface area contributed by atoms with Crippen molar-refractivity contribution in [2.45, 2.75) is 0 Å². The van der Waals surface area contributed by atoms with Crippen LogP contribution < -0.4 is 4.74 Å². The number of aryl methyl sites for hydroxylation is 1. The van der Waals surface area contributed by atoms with Gasteiger partial charge in [-0.2, -0.15) is 0 Å². The molecular formula is C11H10ClFN2O. The molecule has 0 amide bonds. The summed E-state index contributed by atoms with van der Waals surface area (Å²) in [7, 11) is 3.28. The monoisotopic (exact) mass is 240 g/mol. The van der Waals surface area contributed by atoms with Crippen LogP contribution in [-0.4, -0.2) is 16.7 Å². The van der Waals surface area contributed by atoms with Crippen LogP contribution in [0.5, 0.6) is 5.75 Å². The number of benzene rings is 1. The molecule has 0 fully saturated rings. The molecule has 0 radical (unpaired) electrons. The van der Waals surface area contributed by atoms with E-state index in [-0.39, 0.29) is 5.02 Å². The smallest absolute Gasteiger partial charge is 0.142 e. The van der Waals surface area contributed by atoms with E-state index in [0.717, 1.165) is 0 Å². The van der Waals surface area contributed by atoms with Crippen molar-refractivity contribution >= 4 is 11.6 Å². The SMILES string of the molecule is COc1cc(-c2nccn2C)c(F)cc1Cl. The molecule has 0 aliphatic rings. The zero-order valence-corrected chi connectivity index (χ0v) is 9.62. The summed E-state index contributed by atoms with van der Waals surface area (Å²) in [5.41, 5.74) is 0.369. The van der Waals surface area contributed by atoms with Crippen LogP contribution in [0.15, 0.2) is 24.5 Å². The molecule has 1 aromatic heterocycles. The summed E-state index contributed by atoms with van der Waals surface area (Å²) in [5, 5.41) is 0.248. The normalized spacial score (nSPS) is 10.5. The minimum Gasteiger partial charge on any atom is -0.495 e. The Labute approximate surface area is 97.4 Å². The second-order valence-corrected chi connectivity index (χ2v) is 3.74. The van der Waals surface area contributed by atoms with E-state index in [9.17, 15) is 4.39 Å². The molecule has 0 N–H and O–H groups in total. The Balaban J connectivity index is 2.61. The van der Waals surface area contributed by atoms with Crippen molar-refractivity contribution in [3.8, 4) is 17.1 Å². The number of ether oxygens (including phenoxy) is 1. The molecule has 0 atom stereocenters. The maximum atomic E-state index is 13.7. The van der Waals surface area contributed by atoms with Crippen molar-refractivity contribution < 1.29 is 9.13 Å². The molecule has 0 unspecified atom stereocenters. The number of halogens is 2. The lowest BCUT2D eigenvalue weighted by Gasteiger charge is -2.08. The van der Waals surface area contributed by atoms with E-state index < -0.39 is 5.82 Å². The average molecular weight is 241 g/mol. The van der Waals surface area contributed by atoms with Crippen LogP contribution >= 0.6 is 11.6 Å². The molecule has 2 rings (SSSR count). The van der Waals surface area contributed by atoms with Gasteiger partial charge in [0, 0.05) is 19.4 Å². The molecule has 1 heterocycles. The van der Waals surface area contributed by atoms with Gasteiger partial charge in [-0.3, -0.25) is 0 Å². The molecule has 0 bridgehead atoms. The fourth-order valence-electron chi connectivity index (χ4n) is 1.48. The van der Waals surface area contributed by atoms with Gasteiger partial charge in [0.2, 0.25) is 0 Å². The molecule has 0 spiro atoms. The van der Waals surface area contributed by atoms with Gasteiger partial charge in [-0.15, -0.1) is 0 Å². The Hall–Kier alpha value is -1.55. The molecule has 0 saturated carbocycles. The van der Waals surface area contributed by atoms with Crippen LogP contribution in [0, 0.1) is 5.82 Å². The minimum atomic E-state index is -0.417. The third kappa shape index (κ3) is 1.76. The van der Waals surface area contributed by atoms with Crippen LogP contribution in [-0.2, 0) is 7.05 Å². The van der Waals surface area contributed by atoms with Gasteiger partial charge < -0.3 is 9.30 Å². The quantitative estimate of drug-likeness (QED) is 0.807. The fraction of sp³-hybridized carbons (Fsp3) is 0.182. The third-order valence-corrected chi connectivity index (χ3v) is 2.60. The Morgan fingerprint density at radius 2 is 2.19 bits per heavy atom. The lowest BCUT2D eigenvalue weighted by Crippen LogP contribution is -1.96. The predicted octanol–water partition coefficient (Wildman–Crippen LogP) is 2.89. The second-order valence-electron chi connectivity index (χ2n) is 3.33. The summed E-state index contributed by atoms with van der Waals surface area (Å²) >= 11 is 5.81. The maximum absolute atomic E-state index is 13.7. The van der Waals surface area contributed by atoms with Crippen LogP contribution in [0.3, 0.4) is 0 Å². The topological polar surface area (TPSA) is 27.1 Å². The first-order valence-corrected chi connectivity index (χ1v) is 5.02. The van der Waals surface area contributed by atoms with Gasteiger partial charge in [0.25, 0.3) is 0 Å². The van der Waals surface area contributed by atoms with Crippen molar-refractivity contribution in [1.82, 2.24) is 9.55 Å². The van der Waals surface area contributed by atoms with Gasteiger partial charge in [0.1, 0.15) is 17.4 Å². The van der Waals surface area contributed by atoms with Crippen LogP contribution in [0.4, 0.5) is 4.39 Å². The molecule has 0 aliphatic carbocycles. The summed E-state index contributed by atoms with van der Waals surface area (Å²) < 4.78 is 20.5. The predicted molar refractivity (Wildman–Crippen MR) is 60.2 cm³/mol. The maximum Gasteiger partial charge on any atom is 0.142 e. The lowest BCUT2D eigenvalue weighted by molar-refractivity contribution is 0.414. The summed E-state index contributed by atoms with van der Waals surface area (Å²) in [6.45, 7) is 0. The van der Waals surface area contributed by atoms with E-state index in [4.69, 9.17) is 16.3 Å². The Morgan fingerprint density at radius 1 is 1.44 bits per heavy atom. The van der Waals surface area contributed by atoms with Gasteiger partial charge >= 0.3 is 0 Å². The summed E-state index contributed by atoms with van der Waals surface area (Å²) in [4.78, 5) is 4.08. The number of hydrogen-bond donors (Lipinski definition) is 0. The standard InChI is InChI=1S/C11H10ClFN2O/c1-15-4-3-14-11(15)7-5-10(16-2)8(12)6-9(7)13/h3-6H,1-2H3. The van der Waals surface area contributed by atoms with Crippen molar-refractivity contribution in [3.05, 3.63) is 35.4 Å². The molecule has 84 valence electrons. The Bertz CT molecular complexity index is 525. The molecule has 2 aromatic rings. The average Bonchev–Trinajstić information content (AvgIpc) is 2.65. The van der Waals surface area contributed by atoms with Gasteiger partial charge in [-0.25, -0.2) is 9.37 Å². The molecular weight excluding hydrogens is 231 g/mol. The number of imidazole rings is 1. The number of aromatic nitrogens is 2. The third-order valence-electron chi connectivity index (χ3n) is 2.30. The number of nitrogens with zero attached hydrogens (tertiary/aromatic N) is 2. The fourth-order valence-corrected chi connectivity index (χ4v) is 1.71. The van der Waals surface area contributed by atoms with Gasteiger partial charge in [0.15, 0.2) is 0 Å². The van der Waals surface area contributed by atoms with E-state index in [1.165, 1.54) is 13.2 Å². The molecule has 3 nitrogen and oxygen atoms in total. The molecule has 16 heavy (non-hydrogen) atoms. The first-order valence-electron chi connectivity index (χ1n) is 4.64. The van der Waals surface area contributed by atoms with Crippen LogP contribution in [0.2, 0.25) is 5.02 Å². The summed E-state index contributed by atoms with van der Waals surface area (Å²) in [5.74, 6) is 0.550. The van der Waals surface area contributed by atoms with Gasteiger partial charge in [-0.1, -0.05) is 11.6 Å². The van der Waals surface area contributed by atoms with E-state index in [1.54, 1.807) is 30.1 Å². The van der Waals surface area contributed by atoms with E-state index in [1.807, 2.05) is 0 Å². The highest BCUT2D eigenvalue weighted by Gasteiger charge is 2.13. The van der Waals surface area contributed by atoms with Crippen LogP contribution in [0.25, 0.3) is 11.4 Å². The first-order chi connectivity index (χ1) is 7.63.